The monoisotopic (exact) mass is 320 g/mol. The van der Waals surface area contributed by atoms with Crippen LogP contribution in [0.15, 0.2) is 33.5 Å². The van der Waals surface area contributed by atoms with E-state index in [0.717, 1.165) is 10.9 Å². The van der Waals surface area contributed by atoms with Crippen LogP contribution in [0, 0.1) is 5.92 Å². The minimum atomic E-state index is -0.292. The third-order valence-corrected chi connectivity index (χ3v) is 3.99. The number of aromatic nitrogens is 2. The summed E-state index contributed by atoms with van der Waals surface area (Å²) in [7, 11) is 0. The molecule has 0 amide bonds. The van der Waals surface area contributed by atoms with Crippen LogP contribution in [0.4, 0.5) is 0 Å². The molecule has 1 aliphatic rings. The van der Waals surface area contributed by atoms with Crippen LogP contribution in [0.25, 0.3) is 11.1 Å². The summed E-state index contributed by atoms with van der Waals surface area (Å²) < 4.78 is 0.851. The third-order valence-electron chi connectivity index (χ3n) is 3.49. The lowest BCUT2D eigenvalue weighted by atomic mass is 10.1. The molecule has 1 heterocycles. The van der Waals surface area contributed by atoms with Crippen molar-refractivity contribution in [2.24, 2.45) is 5.92 Å². The number of halogens is 1. The number of nitrogens with one attached hydrogen (secondary N) is 1. The van der Waals surface area contributed by atoms with Gasteiger partial charge in [-0.15, -0.1) is 0 Å². The summed E-state index contributed by atoms with van der Waals surface area (Å²) in [6.45, 7) is 2.10. The fourth-order valence-corrected chi connectivity index (χ4v) is 2.66. The van der Waals surface area contributed by atoms with Gasteiger partial charge in [-0.3, -0.25) is 4.79 Å². The van der Waals surface area contributed by atoms with Crippen molar-refractivity contribution in [1.29, 1.82) is 0 Å². The highest BCUT2D eigenvalue weighted by atomic mass is 79.9. The Morgan fingerprint density at radius 3 is 2.79 bits per heavy atom. The van der Waals surface area contributed by atoms with Crippen LogP contribution < -0.4 is 5.56 Å². The zero-order valence-corrected chi connectivity index (χ0v) is 11.9. The lowest BCUT2D eigenvalue weighted by molar-refractivity contribution is 0.449. The molecule has 5 heteroatoms. The van der Waals surface area contributed by atoms with E-state index in [1.165, 1.54) is 0 Å². The highest BCUT2D eigenvalue weighted by molar-refractivity contribution is 9.10. The lowest BCUT2D eigenvalue weighted by Crippen LogP contribution is -2.13. The fourth-order valence-electron chi connectivity index (χ4n) is 2.26. The van der Waals surface area contributed by atoms with Crippen LogP contribution in [-0.2, 0) is 0 Å². The minimum absolute atomic E-state index is 0.198. The van der Waals surface area contributed by atoms with Gasteiger partial charge in [0.1, 0.15) is 11.4 Å². The number of benzene rings is 1. The zero-order chi connectivity index (χ0) is 13.6. The van der Waals surface area contributed by atoms with Crippen LogP contribution in [0.1, 0.15) is 25.1 Å². The van der Waals surface area contributed by atoms with Gasteiger partial charge in [0.25, 0.3) is 5.56 Å². The molecule has 0 radical (unpaired) electrons. The summed E-state index contributed by atoms with van der Waals surface area (Å²) in [6.07, 6.45) is 1.01. The van der Waals surface area contributed by atoms with Crippen LogP contribution in [-0.4, -0.2) is 15.1 Å². The molecule has 4 nitrogen and oxygen atoms in total. The first kappa shape index (κ1) is 12.4. The van der Waals surface area contributed by atoms with E-state index in [4.69, 9.17) is 0 Å². The number of rotatable bonds is 2. The standard InChI is InChI=1S/C14H13BrN2O2/c1-7-5-10(7)12-16-13(18)11(14(19)17-12)8-3-2-4-9(15)6-8/h2-4,6-7,10H,5H2,1H3,(H2,16,17,18,19). The molecule has 1 aromatic heterocycles. The number of nitrogens with zero attached hydrogens (tertiary/aromatic N) is 1. The molecule has 1 fully saturated rings. The molecule has 3 rings (SSSR count). The molecule has 19 heavy (non-hydrogen) atoms. The molecule has 1 aromatic carbocycles. The molecule has 0 aliphatic heterocycles. The molecule has 2 unspecified atom stereocenters. The maximum Gasteiger partial charge on any atom is 0.262 e. The van der Waals surface area contributed by atoms with Gasteiger partial charge in [-0.05, 0) is 30.0 Å². The second-order valence-corrected chi connectivity index (χ2v) is 5.90. The largest absolute Gasteiger partial charge is 0.493 e. The first-order valence-corrected chi connectivity index (χ1v) is 6.94. The number of hydrogen-bond acceptors (Lipinski definition) is 3. The van der Waals surface area contributed by atoms with Gasteiger partial charge in [0.2, 0.25) is 5.88 Å². The molecule has 0 saturated heterocycles. The van der Waals surface area contributed by atoms with E-state index >= 15 is 0 Å². The van der Waals surface area contributed by atoms with Crippen molar-refractivity contribution in [3.63, 3.8) is 0 Å². The highest BCUT2D eigenvalue weighted by Gasteiger charge is 2.36. The normalized spacial score (nSPS) is 21.4. The predicted octanol–water partition coefficient (Wildman–Crippen LogP) is 3.03. The van der Waals surface area contributed by atoms with Crippen molar-refractivity contribution >= 4 is 15.9 Å². The average molecular weight is 321 g/mol. The SMILES string of the molecule is CC1CC1c1nc(O)c(-c2cccc(Br)c2)c(=O)[nH]1. The van der Waals surface area contributed by atoms with E-state index in [-0.39, 0.29) is 22.9 Å². The van der Waals surface area contributed by atoms with Crippen LogP contribution in [0.3, 0.4) is 0 Å². The summed E-state index contributed by atoms with van der Waals surface area (Å²) in [6, 6.07) is 7.24. The lowest BCUT2D eigenvalue weighted by Gasteiger charge is -2.06. The first-order chi connectivity index (χ1) is 9.06. The van der Waals surface area contributed by atoms with Crippen molar-refractivity contribution in [2.75, 3.05) is 0 Å². The Morgan fingerprint density at radius 2 is 2.21 bits per heavy atom. The summed E-state index contributed by atoms with van der Waals surface area (Å²) in [4.78, 5) is 19.1. The summed E-state index contributed by atoms with van der Waals surface area (Å²) in [5, 5.41) is 10.0. The Bertz CT molecular complexity index is 696. The first-order valence-electron chi connectivity index (χ1n) is 6.15. The van der Waals surface area contributed by atoms with Gasteiger partial charge in [0.15, 0.2) is 0 Å². The van der Waals surface area contributed by atoms with Gasteiger partial charge in [0.05, 0.1) is 0 Å². The Labute approximate surface area is 118 Å². The maximum absolute atomic E-state index is 12.1. The van der Waals surface area contributed by atoms with Gasteiger partial charge in [-0.1, -0.05) is 35.0 Å². The van der Waals surface area contributed by atoms with Crippen LogP contribution >= 0.6 is 15.9 Å². The predicted molar refractivity (Wildman–Crippen MR) is 76.2 cm³/mol. The molecular weight excluding hydrogens is 308 g/mol. The van der Waals surface area contributed by atoms with E-state index in [9.17, 15) is 9.90 Å². The Kier molecular flexibility index (Phi) is 2.93. The highest BCUT2D eigenvalue weighted by Crippen LogP contribution is 2.45. The minimum Gasteiger partial charge on any atom is -0.493 e. The maximum atomic E-state index is 12.1. The second kappa shape index (κ2) is 4.49. The van der Waals surface area contributed by atoms with E-state index < -0.39 is 0 Å². The summed E-state index contributed by atoms with van der Waals surface area (Å²) in [5.41, 5.74) is 0.578. The molecule has 98 valence electrons. The van der Waals surface area contributed by atoms with E-state index in [1.807, 2.05) is 12.1 Å². The Balaban J connectivity index is 2.10. The van der Waals surface area contributed by atoms with E-state index in [0.29, 0.717) is 17.3 Å². The van der Waals surface area contributed by atoms with Crippen LogP contribution in [0.2, 0.25) is 0 Å². The average Bonchev–Trinajstić information content (AvgIpc) is 3.05. The zero-order valence-electron chi connectivity index (χ0n) is 10.4. The third kappa shape index (κ3) is 2.30. The Hall–Kier alpha value is -1.62. The van der Waals surface area contributed by atoms with Crippen LogP contribution in [0.5, 0.6) is 5.88 Å². The van der Waals surface area contributed by atoms with E-state index in [1.54, 1.807) is 12.1 Å². The summed E-state index contributed by atoms with van der Waals surface area (Å²) in [5.74, 6) is 1.19. The topological polar surface area (TPSA) is 66.0 Å². The van der Waals surface area contributed by atoms with Gasteiger partial charge in [-0.2, -0.15) is 4.98 Å². The number of hydrogen-bond donors (Lipinski definition) is 2. The molecule has 2 atom stereocenters. The second-order valence-electron chi connectivity index (χ2n) is 4.98. The van der Waals surface area contributed by atoms with Crippen molar-refractivity contribution in [3.05, 3.63) is 44.9 Å². The number of H-pyrrole nitrogens is 1. The number of aromatic amines is 1. The Morgan fingerprint density at radius 1 is 1.47 bits per heavy atom. The molecular formula is C14H13BrN2O2. The molecule has 1 saturated carbocycles. The molecule has 1 aliphatic carbocycles. The van der Waals surface area contributed by atoms with E-state index in [2.05, 4.69) is 32.8 Å². The molecule has 0 bridgehead atoms. The fraction of sp³-hybridized carbons (Fsp3) is 0.286. The molecule has 0 spiro atoms. The van der Waals surface area contributed by atoms with Crippen molar-refractivity contribution < 1.29 is 5.11 Å². The smallest absolute Gasteiger partial charge is 0.262 e. The van der Waals surface area contributed by atoms with Crippen molar-refractivity contribution in [1.82, 2.24) is 9.97 Å². The van der Waals surface area contributed by atoms with Crippen molar-refractivity contribution in [3.8, 4) is 17.0 Å². The van der Waals surface area contributed by atoms with Gasteiger partial charge in [0, 0.05) is 10.4 Å². The van der Waals surface area contributed by atoms with Gasteiger partial charge >= 0.3 is 0 Å². The van der Waals surface area contributed by atoms with Crippen molar-refractivity contribution in [2.45, 2.75) is 19.3 Å². The quantitative estimate of drug-likeness (QED) is 0.893. The number of aromatic hydroxyl groups is 1. The van der Waals surface area contributed by atoms with Gasteiger partial charge < -0.3 is 10.1 Å². The summed E-state index contributed by atoms with van der Waals surface area (Å²) >= 11 is 3.35. The van der Waals surface area contributed by atoms with Gasteiger partial charge in [-0.25, -0.2) is 0 Å². The molecule has 2 N–H and O–H groups in total. The molecule has 2 aromatic rings.